The zero-order chi connectivity index (χ0) is 21.3. The van der Waals surface area contributed by atoms with E-state index in [0.29, 0.717) is 6.04 Å². The fraction of sp³-hybridized carbons (Fsp3) is 0.542. The maximum Gasteiger partial charge on any atom is 0.191 e. The third kappa shape index (κ3) is 6.53. The number of benzene rings is 1. The number of thiophene rings is 1. The molecule has 168 valence electrons. The maximum atomic E-state index is 5.46. The van der Waals surface area contributed by atoms with Gasteiger partial charge in [-0.1, -0.05) is 30.3 Å². The van der Waals surface area contributed by atoms with Gasteiger partial charge in [0, 0.05) is 44.6 Å². The third-order valence-corrected chi connectivity index (χ3v) is 7.07. The Hall–Kier alpha value is -1.93. The summed E-state index contributed by atoms with van der Waals surface area (Å²) in [5.41, 5.74) is 2.64. The van der Waals surface area contributed by atoms with Crippen molar-refractivity contribution in [3.63, 3.8) is 0 Å². The molecule has 2 aliphatic heterocycles. The van der Waals surface area contributed by atoms with Crippen molar-refractivity contribution in [1.82, 2.24) is 20.4 Å². The highest BCUT2D eigenvalue weighted by atomic mass is 32.1. The number of morpholine rings is 1. The predicted molar refractivity (Wildman–Crippen MR) is 129 cm³/mol. The smallest absolute Gasteiger partial charge is 0.191 e. The Labute approximate surface area is 190 Å². The van der Waals surface area contributed by atoms with Crippen LogP contribution < -0.4 is 10.6 Å². The molecule has 0 radical (unpaired) electrons. The minimum absolute atomic E-state index is 0.415. The Kier molecular flexibility index (Phi) is 8.35. The van der Waals surface area contributed by atoms with Crippen LogP contribution >= 0.6 is 11.3 Å². The number of aliphatic imine (C=N–C) groups is 1. The summed E-state index contributed by atoms with van der Waals surface area (Å²) in [5.74, 6) is 0.860. The Morgan fingerprint density at radius 3 is 2.61 bits per heavy atom. The first-order valence-electron chi connectivity index (χ1n) is 11.4. The SMILES string of the molecule is CN=C(NCc1cccc(CN2CCOCC2)c1)NCC(c1cccs1)N1CCCC1. The summed E-state index contributed by atoms with van der Waals surface area (Å²) in [6.45, 7) is 8.71. The highest BCUT2D eigenvalue weighted by molar-refractivity contribution is 7.10. The zero-order valence-electron chi connectivity index (χ0n) is 18.6. The summed E-state index contributed by atoms with van der Waals surface area (Å²) in [6, 6.07) is 13.7. The van der Waals surface area contributed by atoms with Crippen LogP contribution in [0.4, 0.5) is 0 Å². The van der Waals surface area contributed by atoms with Gasteiger partial charge in [-0.2, -0.15) is 0 Å². The summed E-state index contributed by atoms with van der Waals surface area (Å²) >= 11 is 1.85. The molecule has 1 unspecified atom stereocenters. The highest BCUT2D eigenvalue weighted by Gasteiger charge is 2.24. The normalized spacial score (nSPS) is 19.5. The molecule has 31 heavy (non-hydrogen) atoms. The van der Waals surface area contributed by atoms with E-state index >= 15 is 0 Å². The topological polar surface area (TPSA) is 52.1 Å². The molecule has 4 rings (SSSR count). The van der Waals surface area contributed by atoms with Gasteiger partial charge in [0.15, 0.2) is 5.96 Å². The second-order valence-corrected chi connectivity index (χ2v) is 9.27. The van der Waals surface area contributed by atoms with Gasteiger partial charge in [0.25, 0.3) is 0 Å². The van der Waals surface area contributed by atoms with E-state index < -0.39 is 0 Å². The lowest BCUT2D eigenvalue weighted by Crippen LogP contribution is -2.42. The molecule has 2 saturated heterocycles. The molecule has 0 bridgehead atoms. The Morgan fingerprint density at radius 2 is 1.87 bits per heavy atom. The van der Waals surface area contributed by atoms with E-state index in [1.165, 1.54) is 41.9 Å². The van der Waals surface area contributed by atoms with Crippen molar-refractivity contribution in [1.29, 1.82) is 0 Å². The minimum Gasteiger partial charge on any atom is -0.379 e. The van der Waals surface area contributed by atoms with Gasteiger partial charge >= 0.3 is 0 Å². The van der Waals surface area contributed by atoms with Crippen molar-refractivity contribution in [2.24, 2.45) is 4.99 Å². The van der Waals surface area contributed by atoms with Gasteiger partial charge in [0.2, 0.25) is 0 Å². The zero-order valence-corrected chi connectivity index (χ0v) is 19.4. The molecule has 1 aromatic carbocycles. The molecule has 0 amide bonds. The molecule has 3 heterocycles. The van der Waals surface area contributed by atoms with E-state index in [1.807, 2.05) is 18.4 Å². The van der Waals surface area contributed by atoms with Crippen molar-refractivity contribution >= 4 is 17.3 Å². The van der Waals surface area contributed by atoms with Crippen LogP contribution in [0, 0.1) is 0 Å². The van der Waals surface area contributed by atoms with Gasteiger partial charge in [0.1, 0.15) is 0 Å². The standard InChI is InChI=1S/C24H35N5OS/c1-25-24(27-18-22(23-8-5-15-31-23)29-9-2-3-10-29)26-17-20-6-4-7-21(16-20)19-28-11-13-30-14-12-28/h4-8,15-16,22H,2-3,9-14,17-19H2,1H3,(H2,25,26,27). The van der Waals surface area contributed by atoms with E-state index in [-0.39, 0.29) is 0 Å². The first-order chi connectivity index (χ1) is 15.3. The molecule has 0 spiro atoms. The van der Waals surface area contributed by atoms with E-state index in [2.05, 4.69) is 67.2 Å². The molecule has 0 aliphatic carbocycles. The highest BCUT2D eigenvalue weighted by Crippen LogP contribution is 2.27. The maximum absolute atomic E-state index is 5.46. The van der Waals surface area contributed by atoms with Gasteiger partial charge in [0.05, 0.1) is 19.3 Å². The number of guanidine groups is 1. The lowest BCUT2D eigenvalue weighted by atomic mass is 10.1. The number of hydrogen-bond acceptors (Lipinski definition) is 5. The second kappa shape index (κ2) is 11.6. The van der Waals surface area contributed by atoms with Gasteiger partial charge in [-0.3, -0.25) is 14.8 Å². The average molecular weight is 442 g/mol. The van der Waals surface area contributed by atoms with E-state index in [4.69, 9.17) is 4.74 Å². The molecule has 0 saturated carbocycles. The molecule has 6 nitrogen and oxygen atoms in total. The minimum atomic E-state index is 0.415. The summed E-state index contributed by atoms with van der Waals surface area (Å²) in [7, 11) is 1.85. The molecule has 1 aromatic heterocycles. The lowest BCUT2D eigenvalue weighted by molar-refractivity contribution is 0.0342. The fourth-order valence-corrected chi connectivity index (χ4v) is 5.26. The number of rotatable bonds is 8. The molecule has 2 aromatic rings. The summed E-state index contributed by atoms with van der Waals surface area (Å²) in [6.07, 6.45) is 2.60. The number of nitrogens with one attached hydrogen (secondary N) is 2. The quantitative estimate of drug-likeness (QED) is 0.487. The van der Waals surface area contributed by atoms with E-state index in [9.17, 15) is 0 Å². The van der Waals surface area contributed by atoms with Crippen LogP contribution in [0.15, 0.2) is 46.8 Å². The Morgan fingerprint density at radius 1 is 1.06 bits per heavy atom. The van der Waals surface area contributed by atoms with Gasteiger partial charge in [-0.25, -0.2) is 0 Å². The van der Waals surface area contributed by atoms with Crippen LogP contribution in [-0.4, -0.2) is 68.7 Å². The third-order valence-electron chi connectivity index (χ3n) is 6.10. The number of likely N-dealkylation sites (tertiary alicyclic amines) is 1. The van der Waals surface area contributed by atoms with Crippen molar-refractivity contribution in [2.75, 3.05) is 53.0 Å². The summed E-state index contributed by atoms with van der Waals surface area (Å²) in [4.78, 5) is 10.9. The van der Waals surface area contributed by atoms with Crippen molar-refractivity contribution in [3.8, 4) is 0 Å². The van der Waals surface area contributed by atoms with Crippen LogP contribution in [-0.2, 0) is 17.8 Å². The molecule has 2 N–H and O–H groups in total. The molecular formula is C24H35N5OS. The first kappa shape index (κ1) is 22.3. The van der Waals surface area contributed by atoms with Gasteiger partial charge < -0.3 is 15.4 Å². The first-order valence-corrected chi connectivity index (χ1v) is 12.3. The summed E-state index contributed by atoms with van der Waals surface area (Å²) in [5, 5.41) is 9.24. The summed E-state index contributed by atoms with van der Waals surface area (Å²) < 4.78 is 5.46. The monoisotopic (exact) mass is 441 g/mol. The fourth-order valence-electron chi connectivity index (χ4n) is 4.40. The molecular weight excluding hydrogens is 406 g/mol. The molecule has 2 aliphatic rings. The van der Waals surface area contributed by atoms with Crippen molar-refractivity contribution < 1.29 is 4.74 Å². The number of hydrogen-bond donors (Lipinski definition) is 2. The van der Waals surface area contributed by atoms with Crippen LogP contribution in [0.25, 0.3) is 0 Å². The predicted octanol–water partition coefficient (Wildman–Crippen LogP) is 3.08. The molecule has 2 fully saturated rings. The van der Waals surface area contributed by atoms with E-state index in [1.54, 1.807) is 0 Å². The van der Waals surface area contributed by atoms with Crippen molar-refractivity contribution in [3.05, 3.63) is 57.8 Å². The van der Waals surface area contributed by atoms with Crippen LogP contribution in [0.1, 0.15) is 34.9 Å². The average Bonchev–Trinajstić information content (AvgIpc) is 3.52. The van der Waals surface area contributed by atoms with Crippen LogP contribution in [0.2, 0.25) is 0 Å². The van der Waals surface area contributed by atoms with E-state index in [0.717, 1.165) is 51.9 Å². The molecule has 7 heteroatoms. The van der Waals surface area contributed by atoms with Gasteiger partial charge in [-0.05, 0) is 48.5 Å². The van der Waals surface area contributed by atoms with Gasteiger partial charge in [-0.15, -0.1) is 11.3 Å². The Bertz CT molecular complexity index is 813. The second-order valence-electron chi connectivity index (χ2n) is 8.29. The number of ether oxygens (including phenoxy) is 1. The van der Waals surface area contributed by atoms with Crippen molar-refractivity contribution in [2.45, 2.75) is 32.0 Å². The lowest BCUT2D eigenvalue weighted by Gasteiger charge is -2.27. The van der Waals surface area contributed by atoms with Crippen LogP contribution in [0.5, 0.6) is 0 Å². The Balaban J connectivity index is 1.29. The van der Waals surface area contributed by atoms with Crippen LogP contribution in [0.3, 0.4) is 0 Å². The number of nitrogens with zero attached hydrogens (tertiary/aromatic N) is 3. The largest absolute Gasteiger partial charge is 0.379 e. The molecule has 1 atom stereocenters.